The largest absolute Gasteiger partial charge is 0.416 e. The van der Waals surface area contributed by atoms with Crippen molar-refractivity contribution < 1.29 is 4.43 Å². The van der Waals surface area contributed by atoms with Gasteiger partial charge in [-0.1, -0.05) is 19.8 Å². The van der Waals surface area contributed by atoms with Crippen LogP contribution in [-0.2, 0) is 4.43 Å². The molecule has 0 fully saturated rings. The van der Waals surface area contributed by atoms with Crippen molar-refractivity contribution in [1.82, 2.24) is 0 Å². The minimum atomic E-state index is -0.845. The Labute approximate surface area is 72.9 Å². The quantitative estimate of drug-likeness (QED) is 0.595. The minimum absolute atomic E-state index is 0.0827. The van der Waals surface area contributed by atoms with Gasteiger partial charge in [0.15, 0.2) is 9.04 Å². The smallest absolute Gasteiger partial charge is 0.174 e. The average Bonchev–Trinajstić information content (AvgIpc) is 1.79. The van der Waals surface area contributed by atoms with Crippen LogP contribution in [-0.4, -0.2) is 14.6 Å². The molecule has 0 saturated carbocycles. The molecule has 0 aromatic rings. The summed E-state index contributed by atoms with van der Waals surface area (Å²) in [6, 6.07) is 1.33. The van der Waals surface area contributed by atoms with Crippen molar-refractivity contribution in [3.05, 3.63) is 0 Å². The molecule has 0 saturated heterocycles. The average molecular weight is 174 g/mol. The molecule has 0 amide bonds. The summed E-state index contributed by atoms with van der Waals surface area (Å²) in [5.41, 5.74) is 0.0827. The van der Waals surface area contributed by atoms with E-state index in [2.05, 4.69) is 34.2 Å². The van der Waals surface area contributed by atoms with E-state index in [0.29, 0.717) is 0 Å². The highest BCUT2D eigenvalue weighted by Crippen LogP contribution is 2.12. The summed E-state index contributed by atoms with van der Waals surface area (Å²) in [5.74, 6) is 0. The van der Waals surface area contributed by atoms with Crippen LogP contribution in [0.4, 0.5) is 0 Å². The minimum Gasteiger partial charge on any atom is -0.416 e. The maximum atomic E-state index is 5.88. The Bertz CT molecular complexity index is 96.2. The Morgan fingerprint density at radius 1 is 1.27 bits per heavy atom. The molecule has 0 N–H and O–H groups in total. The van der Waals surface area contributed by atoms with Crippen LogP contribution >= 0.6 is 0 Å². The van der Waals surface area contributed by atoms with Gasteiger partial charge in [0, 0.05) is 5.60 Å². The molecule has 1 nitrogen and oxygen atoms in total. The Hall–Kier alpha value is 0.177. The molecule has 0 rings (SSSR count). The lowest BCUT2D eigenvalue weighted by Gasteiger charge is -2.24. The van der Waals surface area contributed by atoms with E-state index in [1.807, 2.05) is 0 Å². The van der Waals surface area contributed by atoms with Crippen molar-refractivity contribution >= 4 is 9.04 Å². The van der Waals surface area contributed by atoms with Crippen molar-refractivity contribution in [3.63, 3.8) is 0 Å². The third-order valence-corrected chi connectivity index (χ3v) is 3.85. The van der Waals surface area contributed by atoms with Crippen LogP contribution in [0.2, 0.25) is 12.6 Å². The lowest BCUT2D eigenvalue weighted by atomic mass is 10.2. The van der Waals surface area contributed by atoms with Crippen molar-refractivity contribution in [2.24, 2.45) is 0 Å². The molecular formula is C9H22OSi. The third-order valence-electron chi connectivity index (χ3n) is 1.52. The van der Waals surface area contributed by atoms with Gasteiger partial charge in [-0.15, -0.1) is 0 Å². The lowest BCUT2D eigenvalue weighted by Crippen LogP contribution is -2.28. The van der Waals surface area contributed by atoms with Crippen LogP contribution in [0.15, 0.2) is 0 Å². The van der Waals surface area contributed by atoms with Crippen LogP contribution in [0.25, 0.3) is 0 Å². The highest BCUT2D eigenvalue weighted by molar-refractivity contribution is 6.50. The van der Waals surface area contributed by atoms with Gasteiger partial charge in [0.25, 0.3) is 0 Å². The summed E-state index contributed by atoms with van der Waals surface area (Å²) in [6.45, 7) is 11.0. The molecule has 0 aliphatic rings. The molecule has 2 heteroatoms. The second kappa shape index (κ2) is 4.94. The molecule has 0 aliphatic carbocycles. The van der Waals surface area contributed by atoms with Gasteiger partial charge < -0.3 is 4.43 Å². The topological polar surface area (TPSA) is 9.23 Å². The van der Waals surface area contributed by atoms with Crippen LogP contribution in [0, 0.1) is 0 Å². The third kappa shape index (κ3) is 8.08. The Morgan fingerprint density at radius 3 is 2.18 bits per heavy atom. The Morgan fingerprint density at radius 2 is 1.82 bits per heavy atom. The fourth-order valence-corrected chi connectivity index (χ4v) is 3.46. The standard InChI is InChI=1S/C9H22OSi/c1-6-7-8-11(5)10-9(2,3)4/h11H,6-8H2,1-5H3. The molecule has 0 heterocycles. The van der Waals surface area contributed by atoms with Crippen molar-refractivity contribution in [2.45, 2.75) is 58.7 Å². The fourth-order valence-electron chi connectivity index (χ4n) is 1.15. The van der Waals surface area contributed by atoms with Gasteiger partial charge in [0.2, 0.25) is 0 Å². The van der Waals surface area contributed by atoms with Gasteiger partial charge in [0.1, 0.15) is 0 Å². The van der Waals surface area contributed by atoms with Crippen LogP contribution in [0.3, 0.4) is 0 Å². The highest BCUT2D eigenvalue weighted by Gasteiger charge is 2.14. The monoisotopic (exact) mass is 174 g/mol. The molecule has 0 radical (unpaired) electrons. The first-order chi connectivity index (χ1) is 4.95. The fraction of sp³-hybridized carbons (Fsp3) is 1.00. The molecule has 11 heavy (non-hydrogen) atoms. The van der Waals surface area contributed by atoms with Crippen molar-refractivity contribution in [3.8, 4) is 0 Å². The van der Waals surface area contributed by atoms with Gasteiger partial charge in [-0.25, -0.2) is 0 Å². The molecule has 0 aromatic carbocycles. The summed E-state index contributed by atoms with van der Waals surface area (Å²) in [6.07, 6.45) is 2.63. The van der Waals surface area contributed by atoms with E-state index >= 15 is 0 Å². The van der Waals surface area contributed by atoms with Gasteiger partial charge in [0.05, 0.1) is 0 Å². The Balaban J connectivity index is 3.44. The molecule has 1 atom stereocenters. The van der Waals surface area contributed by atoms with Gasteiger partial charge in [-0.2, -0.15) is 0 Å². The molecule has 0 aliphatic heterocycles. The maximum absolute atomic E-state index is 5.88. The molecule has 68 valence electrons. The highest BCUT2D eigenvalue weighted by atomic mass is 28.3. The van der Waals surface area contributed by atoms with E-state index in [9.17, 15) is 0 Å². The first-order valence-electron chi connectivity index (χ1n) is 4.63. The summed E-state index contributed by atoms with van der Waals surface area (Å²) in [4.78, 5) is 0. The molecule has 0 aromatic heterocycles. The van der Waals surface area contributed by atoms with E-state index in [0.717, 1.165) is 0 Å². The van der Waals surface area contributed by atoms with Crippen LogP contribution < -0.4 is 0 Å². The Kier molecular flexibility index (Phi) is 5.02. The van der Waals surface area contributed by atoms with Gasteiger partial charge >= 0.3 is 0 Å². The van der Waals surface area contributed by atoms with Gasteiger partial charge in [-0.05, 0) is 33.4 Å². The zero-order valence-electron chi connectivity index (χ0n) is 8.61. The predicted octanol–water partition coefficient (Wildman–Crippen LogP) is 2.96. The number of hydrogen-bond acceptors (Lipinski definition) is 1. The van der Waals surface area contributed by atoms with Crippen molar-refractivity contribution in [2.75, 3.05) is 0 Å². The normalized spacial score (nSPS) is 15.0. The summed E-state index contributed by atoms with van der Waals surface area (Å²) in [7, 11) is -0.845. The zero-order chi connectivity index (χ0) is 8.91. The first-order valence-corrected chi connectivity index (χ1v) is 7.08. The SMILES string of the molecule is CCCC[SiH](C)OC(C)(C)C. The second-order valence-electron chi connectivity index (χ2n) is 4.18. The van der Waals surface area contributed by atoms with E-state index in [4.69, 9.17) is 4.43 Å². The summed E-state index contributed by atoms with van der Waals surface area (Å²) >= 11 is 0. The molecule has 0 bridgehead atoms. The number of hydrogen-bond donors (Lipinski definition) is 0. The molecule has 0 spiro atoms. The number of unbranched alkanes of at least 4 members (excludes halogenated alkanes) is 1. The van der Waals surface area contributed by atoms with Crippen molar-refractivity contribution in [1.29, 1.82) is 0 Å². The van der Waals surface area contributed by atoms with E-state index < -0.39 is 9.04 Å². The summed E-state index contributed by atoms with van der Waals surface area (Å²) in [5, 5.41) is 0. The van der Waals surface area contributed by atoms with E-state index in [1.54, 1.807) is 0 Å². The molecular weight excluding hydrogens is 152 g/mol. The first kappa shape index (κ1) is 11.2. The molecule has 1 unspecified atom stereocenters. The number of rotatable bonds is 4. The van der Waals surface area contributed by atoms with Crippen LogP contribution in [0.5, 0.6) is 0 Å². The predicted molar refractivity (Wildman–Crippen MR) is 53.6 cm³/mol. The van der Waals surface area contributed by atoms with E-state index in [-0.39, 0.29) is 5.60 Å². The summed E-state index contributed by atoms with van der Waals surface area (Å²) < 4.78 is 5.88. The maximum Gasteiger partial charge on any atom is 0.174 e. The van der Waals surface area contributed by atoms with Gasteiger partial charge in [-0.3, -0.25) is 0 Å². The van der Waals surface area contributed by atoms with Crippen LogP contribution in [0.1, 0.15) is 40.5 Å². The second-order valence-corrected chi connectivity index (χ2v) is 6.62. The lowest BCUT2D eigenvalue weighted by molar-refractivity contribution is 0.129. The van der Waals surface area contributed by atoms with E-state index in [1.165, 1.54) is 18.9 Å². The zero-order valence-corrected chi connectivity index (χ0v) is 9.76.